The number of carbonyl (C=O) groups excluding carboxylic acids is 1. The van der Waals surface area contributed by atoms with Crippen molar-refractivity contribution in [2.75, 3.05) is 6.54 Å². The van der Waals surface area contributed by atoms with Crippen LogP contribution in [0.2, 0.25) is 0 Å². The Hall–Kier alpha value is -1.98. The molecule has 3 unspecified atom stereocenters. The summed E-state index contributed by atoms with van der Waals surface area (Å²) in [7, 11) is 0. The number of hydrogen-bond donors (Lipinski definition) is 1. The van der Waals surface area contributed by atoms with Gasteiger partial charge in [-0.05, 0) is 6.42 Å². The lowest BCUT2D eigenvalue weighted by Gasteiger charge is -2.14. The van der Waals surface area contributed by atoms with Gasteiger partial charge in [0, 0.05) is 23.9 Å². The van der Waals surface area contributed by atoms with Crippen molar-refractivity contribution in [2.45, 2.75) is 25.0 Å². The van der Waals surface area contributed by atoms with Crippen molar-refractivity contribution in [1.82, 2.24) is 10.3 Å². The van der Waals surface area contributed by atoms with Crippen LogP contribution in [-0.2, 0) is 16.0 Å². The van der Waals surface area contributed by atoms with Gasteiger partial charge in [0.15, 0.2) is 0 Å². The Balaban J connectivity index is 1.29. The maximum Gasteiger partial charge on any atom is 0.226 e. The highest BCUT2D eigenvalue weighted by atomic mass is 32.1. The quantitative estimate of drug-likeness (QED) is 0.860. The first kappa shape index (κ1) is 14.6. The Bertz CT molecular complexity index is 726. The van der Waals surface area contributed by atoms with Gasteiger partial charge in [0.1, 0.15) is 5.01 Å². The third kappa shape index (κ3) is 3.07. The van der Waals surface area contributed by atoms with E-state index in [1.54, 1.807) is 11.3 Å². The summed E-state index contributed by atoms with van der Waals surface area (Å²) in [6.07, 6.45) is 5.74. The fourth-order valence-electron chi connectivity index (χ4n) is 3.11. The zero-order valence-corrected chi connectivity index (χ0v) is 13.5. The number of rotatable bonds is 5. The monoisotopic (exact) mass is 326 g/mol. The van der Waals surface area contributed by atoms with E-state index in [0.717, 1.165) is 29.1 Å². The summed E-state index contributed by atoms with van der Waals surface area (Å²) in [5, 5.41) is 6.11. The molecular formula is C18H18N2O2S. The Kier molecular flexibility index (Phi) is 3.97. The number of benzene rings is 1. The summed E-state index contributed by atoms with van der Waals surface area (Å²) < 4.78 is 5.64. The van der Waals surface area contributed by atoms with Gasteiger partial charge in [-0.15, -0.1) is 11.3 Å². The summed E-state index contributed by atoms with van der Waals surface area (Å²) in [5.74, 6) is 0.0701. The molecule has 2 aromatic rings. The minimum Gasteiger partial charge on any atom is -0.366 e. The van der Waals surface area contributed by atoms with Crippen LogP contribution < -0.4 is 5.32 Å². The molecule has 1 saturated heterocycles. The van der Waals surface area contributed by atoms with Crippen molar-refractivity contribution in [3.63, 3.8) is 0 Å². The van der Waals surface area contributed by atoms with Crippen LogP contribution in [0.1, 0.15) is 12.1 Å². The second-order valence-corrected chi connectivity index (χ2v) is 6.78. The van der Waals surface area contributed by atoms with Gasteiger partial charge < -0.3 is 10.1 Å². The molecule has 4 rings (SSSR count). The van der Waals surface area contributed by atoms with E-state index in [2.05, 4.69) is 33.9 Å². The molecule has 4 nitrogen and oxygen atoms in total. The van der Waals surface area contributed by atoms with E-state index in [1.165, 1.54) is 0 Å². The maximum atomic E-state index is 12.2. The molecule has 1 fully saturated rings. The molecule has 118 valence electrons. The summed E-state index contributed by atoms with van der Waals surface area (Å²) in [6.45, 7) is 0.619. The number of aromatic nitrogens is 1. The van der Waals surface area contributed by atoms with Crippen molar-refractivity contribution in [3.8, 4) is 10.6 Å². The number of thiazole rings is 1. The van der Waals surface area contributed by atoms with Crippen LogP contribution in [0.25, 0.3) is 10.6 Å². The van der Waals surface area contributed by atoms with Crippen LogP contribution in [-0.4, -0.2) is 29.6 Å². The lowest BCUT2D eigenvalue weighted by molar-refractivity contribution is -0.125. The Labute approximate surface area is 139 Å². The lowest BCUT2D eigenvalue weighted by atomic mass is 9.93. The Morgan fingerprint density at radius 2 is 2.17 bits per heavy atom. The summed E-state index contributed by atoms with van der Waals surface area (Å²) in [4.78, 5) is 16.9. The third-order valence-electron chi connectivity index (χ3n) is 4.32. The van der Waals surface area contributed by atoms with Crippen LogP contribution in [0.5, 0.6) is 0 Å². The van der Waals surface area contributed by atoms with Gasteiger partial charge in [-0.2, -0.15) is 0 Å². The molecule has 1 aromatic carbocycles. The summed E-state index contributed by atoms with van der Waals surface area (Å²) in [6, 6.07) is 10.2. The molecule has 1 amide bonds. The van der Waals surface area contributed by atoms with E-state index >= 15 is 0 Å². The first-order chi connectivity index (χ1) is 11.3. The minimum absolute atomic E-state index is 0.0241. The highest BCUT2D eigenvalue weighted by molar-refractivity contribution is 7.13. The molecule has 2 aliphatic heterocycles. The highest BCUT2D eigenvalue weighted by Crippen LogP contribution is 2.33. The van der Waals surface area contributed by atoms with Gasteiger partial charge in [-0.1, -0.05) is 42.5 Å². The molecule has 3 atom stereocenters. The zero-order valence-electron chi connectivity index (χ0n) is 12.6. The van der Waals surface area contributed by atoms with E-state index in [4.69, 9.17) is 4.74 Å². The van der Waals surface area contributed by atoms with E-state index in [9.17, 15) is 4.79 Å². The van der Waals surface area contributed by atoms with E-state index in [0.29, 0.717) is 6.54 Å². The number of hydrogen-bond acceptors (Lipinski definition) is 4. The number of nitrogens with zero attached hydrogens (tertiary/aromatic N) is 1. The molecule has 2 aliphatic rings. The van der Waals surface area contributed by atoms with Crippen molar-refractivity contribution in [2.24, 2.45) is 5.92 Å². The predicted molar refractivity (Wildman–Crippen MR) is 90.2 cm³/mol. The fraction of sp³-hybridized carbons (Fsp3) is 0.333. The SMILES string of the molecule is O=C(NCCc1csc(-c2ccccc2)n1)C1CC2C=CC1O2. The van der Waals surface area contributed by atoms with Crippen molar-refractivity contribution >= 4 is 17.2 Å². The van der Waals surface area contributed by atoms with Crippen LogP contribution >= 0.6 is 11.3 Å². The van der Waals surface area contributed by atoms with Gasteiger partial charge >= 0.3 is 0 Å². The second kappa shape index (κ2) is 6.26. The molecule has 0 saturated carbocycles. The molecule has 5 heteroatoms. The third-order valence-corrected chi connectivity index (χ3v) is 5.26. The lowest BCUT2D eigenvalue weighted by Crippen LogP contribution is -2.36. The molecular weight excluding hydrogens is 308 g/mol. The van der Waals surface area contributed by atoms with E-state index in [1.807, 2.05) is 24.3 Å². The minimum atomic E-state index is -0.0275. The number of ether oxygens (including phenoxy) is 1. The second-order valence-electron chi connectivity index (χ2n) is 5.92. The average Bonchev–Trinajstić information content (AvgIpc) is 3.32. The fourth-order valence-corrected chi connectivity index (χ4v) is 3.97. The number of amides is 1. The van der Waals surface area contributed by atoms with Gasteiger partial charge in [0.05, 0.1) is 23.8 Å². The zero-order chi connectivity index (χ0) is 15.6. The van der Waals surface area contributed by atoms with Gasteiger partial charge in [0.2, 0.25) is 5.91 Å². The smallest absolute Gasteiger partial charge is 0.226 e. The summed E-state index contributed by atoms with van der Waals surface area (Å²) in [5.41, 5.74) is 2.16. The highest BCUT2D eigenvalue weighted by Gasteiger charge is 2.40. The largest absolute Gasteiger partial charge is 0.366 e. The van der Waals surface area contributed by atoms with Gasteiger partial charge in [-0.25, -0.2) is 4.98 Å². The van der Waals surface area contributed by atoms with Crippen LogP contribution in [0, 0.1) is 5.92 Å². The number of carbonyl (C=O) groups is 1. The molecule has 0 spiro atoms. The van der Waals surface area contributed by atoms with Gasteiger partial charge in [-0.3, -0.25) is 4.79 Å². The molecule has 0 radical (unpaired) electrons. The van der Waals surface area contributed by atoms with Crippen molar-refractivity contribution in [3.05, 3.63) is 53.6 Å². The standard InChI is InChI=1S/C18H18N2O2S/c21-17(15-10-14-6-7-16(15)22-14)19-9-8-13-11-23-18(20-13)12-4-2-1-3-5-12/h1-7,11,14-16H,8-10H2,(H,19,21). The Morgan fingerprint density at radius 3 is 2.91 bits per heavy atom. The Morgan fingerprint density at radius 1 is 1.30 bits per heavy atom. The molecule has 2 bridgehead atoms. The molecule has 3 heterocycles. The number of nitrogens with one attached hydrogen (secondary N) is 1. The maximum absolute atomic E-state index is 12.2. The predicted octanol–water partition coefficient (Wildman–Crippen LogP) is 2.81. The first-order valence-electron chi connectivity index (χ1n) is 7.91. The van der Waals surface area contributed by atoms with E-state index in [-0.39, 0.29) is 24.0 Å². The molecule has 1 N–H and O–H groups in total. The topological polar surface area (TPSA) is 51.2 Å². The molecule has 1 aromatic heterocycles. The molecule has 0 aliphatic carbocycles. The summed E-state index contributed by atoms with van der Waals surface area (Å²) >= 11 is 1.64. The average molecular weight is 326 g/mol. The van der Waals surface area contributed by atoms with Crippen molar-refractivity contribution in [1.29, 1.82) is 0 Å². The van der Waals surface area contributed by atoms with Gasteiger partial charge in [0.25, 0.3) is 0 Å². The normalized spacial score (nSPS) is 25.0. The van der Waals surface area contributed by atoms with Crippen LogP contribution in [0.3, 0.4) is 0 Å². The van der Waals surface area contributed by atoms with Crippen LogP contribution in [0.4, 0.5) is 0 Å². The first-order valence-corrected chi connectivity index (χ1v) is 8.79. The van der Waals surface area contributed by atoms with Crippen molar-refractivity contribution < 1.29 is 9.53 Å². The van der Waals surface area contributed by atoms with E-state index < -0.39 is 0 Å². The van der Waals surface area contributed by atoms with Crippen LogP contribution in [0.15, 0.2) is 47.9 Å². The number of fused-ring (bicyclic) bond motifs is 2. The molecule has 23 heavy (non-hydrogen) atoms.